The van der Waals surface area contributed by atoms with Crippen LogP contribution in [0.3, 0.4) is 0 Å². The van der Waals surface area contributed by atoms with Gasteiger partial charge in [0.15, 0.2) is 0 Å². The van der Waals surface area contributed by atoms with Crippen LogP contribution in [0, 0.1) is 0 Å². The molecule has 0 aromatic heterocycles. The summed E-state index contributed by atoms with van der Waals surface area (Å²) in [7, 11) is 1.60. The van der Waals surface area contributed by atoms with E-state index in [0.717, 1.165) is 32.5 Å². The van der Waals surface area contributed by atoms with E-state index in [1.165, 1.54) is 5.01 Å². The molecule has 0 spiro atoms. The van der Waals surface area contributed by atoms with Gasteiger partial charge in [-0.25, -0.2) is 9.80 Å². The number of methoxy groups -OCH3 is 1. The number of imide groups is 1. The number of amides is 4. The first-order chi connectivity index (χ1) is 16.0. The summed E-state index contributed by atoms with van der Waals surface area (Å²) in [6.07, 6.45) is 0.510. The lowest BCUT2D eigenvalue weighted by Gasteiger charge is -2.23. The second kappa shape index (κ2) is 8.38. The third kappa shape index (κ3) is 3.91. The number of hydrogen-bond acceptors (Lipinski definition) is 5. The van der Waals surface area contributed by atoms with Gasteiger partial charge in [0.2, 0.25) is 0 Å². The first-order valence-corrected chi connectivity index (χ1v) is 10.6. The average molecular weight is 442 g/mol. The monoisotopic (exact) mass is 442 g/mol. The number of ether oxygens (including phenoxy) is 1. The minimum Gasteiger partial charge on any atom is -0.497 e. The van der Waals surface area contributed by atoms with Crippen molar-refractivity contribution in [2.45, 2.75) is 12.5 Å². The Hall–Kier alpha value is -4.20. The maximum Gasteiger partial charge on any atom is 0.325 e. The van der Waals surface area contributed by atoms with Crippen LogP contribution in [0.25, 0.3) is 10.8 Å². The number of nitrogens with one attached hydrogen (secondary N) is 1. The topological polar surface area (TPSA) is 91.3 Å². The van der Waals surface area contributed by atoms with Gasteiger partial charge < -0.3 is 10.1 Å². The summed E-state index contributed by atoms with van der Waals surface area (Å²) < 4.78 is 5.25. The van der Waals surface area contributed by atoms with Crippen LogP contribution in [0.5, 0.6) is 5.75 Å². The van der Waals surface area contributed by atoms with E-state index in [-0.39, 0.29) is 19.1 Å². The lowest BCUT2D eigenvalue weighted by Crippen LogP contribution is -2.41. The summed E-state index contributed by atoms with van der Waals surface area (Å²) in [6, 6.07) is 20.7. The van der Waals surface area contributed by atoms with Crippen molar-refractivity contribution in [3.63, 3.8) is 0 Å². The maximum absolute atomic E-state index is 13.2. The van der Waals surface area contributed by atoms with Gasteiger partial charge in [-0.05, 0) is 40.1 Å². The highest BCUT2D eigenvalue weighted by molar-refractivity contribution is 6.07. The van der Waals surface area contributed by atoms with E-state index >= 15 is 0 Å². The van der Waals surface area contributed by atoms with Gasteiger partial charge in [0, 0.05) is 6.42 Å². The number of carbonyl (C=O) groups is 3. The van der Waals surface area contributed by atoms with Crippen molar-refractivity contribution in [2.75, 3.05) is 20.2 Å². The van der Waals surface area contributed by atoms with E-state index in [2.05, 4.69) is 16.5 Å². The normalized spacial score (nSPS) is 18.0. The Kier molecular flexibility index (Phi) is 5.26. The van der Waals surface area contributed by atoms with E-state index in [1.54, 1.807) is 7.11 Å². The lowest BCUT2D eigenvalue weighted by molar-refractivity contribution is -0.137. The molecule has 8 heteroatoms. The molecule has 2 heterocycles. The molecule has 3 aromatic carbocycles. The minimum absolute atomic E-state index is 0.0976. The summed E-state index contributed by atoms with van der Waals surface area (Å²) in [5, 5.41) is 10.7. The molecule has 166 valence electrons. The van der Waals surface area contributed by atoms with E-state index < -0.39 is 17.8 Å². The van der Waals surface area contributed by atoms with Crippen molar-refractivity contribution in [1.29, 1.82) is 0 Å². The number of rotatable bonds is 5. The van der Waals surface area contributed by atoms with E-state index in [9.17, 15) is 14.4 Å². The molecule has 0 saturated carbocycles. The number of carbonyl (C=O) groups excluding carboxylic acids is 3. The van der Waals surface area contributed by atoms with Crippen LogP contribution < -0.4 is 10.1 Å². The first-order valence-electron chi connectivity index (χ1n) is 10.6. The van der Waals surface area contributed by atoms with E-state index in [1.807, 2.05) is 60.7 Å². The molecule has 4 amide bonds. The van der Waals surface area contributed by atoms with Crippen molar-refractivity contribution in [3.8, 4) is 5.75 Å². The summed E-state index contributed by atoms with van der Waals surface area (Å²) in [4.78, 5) is 38.1. The molecule has 3 aromatic rings. The molecule has 0 aliphatic carbocycles. The van der Waals surface area contributed by atoms with Crippen LogP contribution in [0.2, 0.25) is 0 Å². The molecule has 2 aliphatic rings. The van der Waals surface area contributed by atoms with E-state index in [0.29, 0.717) is 12.2 Å². The van der Waals surface area contributed by atoms with Crippen LogP contribution in [0.15, 0.2) is 71.8 Å². The average Bonchev–Trinajstić information content (AvgIpc) is 3.43. The second-order valence-electron chi connectivity index (χ2n) is 7.98. The fourth-order valence-corrected chi connectivity index (χ4v) is 4.19. The van der Waals surface area contributed by atoms with Crippen molar-refractivity contribution in [1.82, 2.24) is 15.2 Å². The Labute approximate surface area is 190 Å². The predicted octanol–water partition coefficient (Wildman–Crippen LogP) is 3.08. The number of nitrogens with zero attached hydrogens (tertiary/aromatic N) is 3. The smallest absolute Gasteiger partial charge is 0.325 e. The fraction of sp³-hybridized carbons (Fsp3) is 0.200. The zero-order valence-electron chi connectivity index (χ0n) is 18.0. The Morgan fingerprint density at radius 2 is 1.82 bits per heavy atom. The summed E-state index contributed by atoms with van der Waals surface area (Å²) >= 11 is 0. The SMILES string of the molecule is COc1ccc([C@H]2CC(c3ccc4ccccc4c3)=NN2C(=O)CN2C(=O)CNC2=O)cc1. The van der Waals surface area contributed by atoms with Crippen molar-refractivity contribution >= 4 is 34.3 Å². The maximum atomic E-state index is 13.2. The van der Waals surface area contributed by atoms with Gasteiger partial charge in [0.1, 0.15) is 12.3 Å². The van der Waals surface area contributed by atoms with Gasteiger partial charge in [0.25, 0.3) is 11.8 Å². The van der Waals surface area contributed by atoms with Gasteiger partial charge in [-0.15, -0.1) is 0 Å². The number of hydrogen-bond donors (Lipinski definition) is 1. The fourth-order valence-electron chi connectivity index (χ4n) is 4.19. The molecule has 5 rings (SSSR count). The standard InChI is InChI=1S/C25H22N4O4/c1-33-20-10-8-17(9-11-20)22-13-21(19-7-6-16-4-2-3-5-18(16)12-19)27-29(22)24(31)15-28-23(30)14-26-25(28)32/h2-12,22H,13-15H2,1H3,(H,26,32)/t22-/m1/s1. The summed E-state index contributed by atoms with van der Waals surface area (Å²) in [5.41, 5.74) is 2.59. The molecule has 2 aliphatic heterocycles. The summed E-state index contributed by atoms with van der Waals surface area (Å²) in [6.45, 7) is -0.453. The molecule has 1 N–H and O–H groups in total. The molecule has 0 bridgehead atoms. The van der Waals surface area contributed by atoms with E-state index in [4.69, 9.17) is 4.74 Å². The molecule has 0 radical (unpaired) electrons. The van der Waals surface area contributed by atoms with Crippen LogP contribution in [0.4, 0.5) is 4.79 Å². The highest BCUT2D eigenvalue weighted by Crippen LogP contribution is 2.34. The Morgan fingerprint density at radius 1 is 1.06 bits per heavy atom. The molecule has 1 saturated heterocycles. The molecular weight excluding hydrogens is 420 g/mol. The van der Waals surface area contributed by atoms with Gasteiger partial charge >= 0.3 is 6.03 Å². The number of urea groups is 1. The second-order valence-corrected chi connectivity index (χ2v) is 7.98. The Morgan fingerprint density at radius 3 is 2.52 bits per heavy atom. The largest absolute Gasteiger partial charge is 0.497 e. The number of benzene rings is 3. The highest BCUT2D eigenvalue weighted by atomic mass is 16.5. The van der Waals surface area contributed by atoms with Crippen LogP contribution >= 0.6 is 0 Å². The Balaban J connectivity index is 1.48. The zero-order valence-corrected chi connectivity index (χ0v) is 18.0. The van der Waals surface area contributed by atoms with Crippen LogP contribution in [-0.4, -0.2) is 53.7 Å². The third-order valence-electron chi connectivity index (χ3n) is 5.98. The molecule has 1 atom stereocenters. The summed E-state index contributed by atoms with van der Waals surface area (Å²) in [5.74, 6) is -0.131. The Bertz CT molecular complexity index is 1270. The quantitative estimate of drug-likeness (QED) is 0.615. The molecule has 8 nitrogen and oxygen atoms in total. The first kappa shape index (κ1) is 20.7. The van der Waals surface area contributed by atoms with Gasteiger partial charge in [-0.2, -0.15) is 5.10 Å². The van der Waals surface area contributed by atoms with Crippen LogP contribution in [-0.2, 0) is 9.59 Å². The van der Waals surface area contributed by atoms with Crippen molar-refractivity contribution in [2.24, 2.45) is 5.10 Å². The number of hydrazone groups is 1. The number of fused-ring (bicyclic) bond motifs is 1. The van der Waals surface area contributed by atoms with Crippen LogP contribution in [0.1, 0.15) is 23.6 Å². The van der Waals surface area contributed by atoms with Gasteiger partial charge in [0.05, 0.1) is 25.4 Å². The predicted molar refractivity (Wildman–Crippen MR) is 123 cm³/mol. The molecule has 1 fully saturated rings. The van der Waals surface area contributed by atoms with Gasteiger partial charge in [-0.1, -0.05) is 48.5 Å². The molecule has 0 unspecified atom stereocenters. The molecule has 33 heavy (non-hydrogen) atoms. The lowest BCUT2D eigenvalue weighted by atomic mass is 9.97. The zero-order chi connectivity index (χ0) is 22.9. The highest BCUT2D eigenvalue weighted by Gasteiger charge is 2.37. The van der Waals surface area contributed by atoms with Gasteiger partial charge in [-0.3, -0.25) is 14.5 Å². The molecular formula is C25H22N4O4. The third-order valence-corrected chi connectivity index (χ3v) is 5.98. The van der Waals surface area contributed by atoms with Crippen molar-refractivity contribution < 1.29 is 19.1 Å². The van der Waals surface area contributed by atoms with Crippen molar-refractivity contribution in [3.05, 3.63) is 77.9 Å². The minimum atomic E-state index is -0.563.